The van der Waals surface area contributed by atoms with Crippen LogP contribution in [0.4, 0.5) is 0 Å². The average molecular weight is 376 g/mol. The van der Waals surface area contributed by atoms with E-state index in [2.05, 4.69) is 37.4 Å². The Hall–Kier alpha value is -1.59. The van der Waals surface area contributed by atoms with Crippen molar-refractivity contribution in [3.63, 3.8) is 0 Å². The molecule has 1 heterocycles. The van der Waals surface area contributed by atoms with Crippen molar-refractivity contribution in [2.24, 2.45) is 5.92 Å². The van der Waals surface area contributed by atoms with Gasteiger partial charge in [0.15, 0.2) is 6.54 Å². The zero-order chi connectivity index (χ0) is 19.2. The number of carbonyl (C=O) groups is 1. The van der Waals surface area contributed by atoms with Crippen LogP contribution in [0.2, 0.25) is 0 Å². The highest BCUT2D eigenvalue weighted by Crippen LogP contribution is 2.23. The van der Waals surface area contributed by atoms with Crippen molar-refractivity contribution in [2.75, 3.05) is 39.8 Å². The van der Waals surface area contributed by atoms with E-state index < -0.39 is 0 Å². The summed E-state index contributed by atoms with van der Waals surface area (Å²) in [5.74, 6) is 1.86. The minimum absolute atomic E-state index is 0.243. The van der Waals surface area contributed by atoms with E-state index >= 15 is 0 Å². The van der Waals surface area contributed by atoms with Crippen LogP contribution in [0.3, 0.4) is 0 Å². The average Bonchev–Trinajstić information content (AvgIpc) is 2.65. The molecule has 0 aromatic heterocycles. The van der Waals surface area contributed by atoms with Gasteiger partial charge in [0.1, 0.15) is 38.5 Å². The van der Waals surface area contributed by atoms with E-state index in [0.717, 1.165) is 44.9 Å². The highest BCUT2D eigenvalue weighted by Gasteiger charge is 2.28. The van der Waals surface area contributed by atoms with Gasteiger partial charge in [0.2, 0.25) is 0 Å². The minimum Gasteiger partial charge on any atom is -0.496 e. The number of hydrogen-bond acceptors (Lipinski definition) is 2. The fraction of sp³-hybridized carbons (Fsp3) is 0.682. The highest BCUT2D eigenvalue weighted by atomic mass is 16.5. The Morgan fingerprint density at radius 3 is 2.56 bits per heavy atom. The lowest BCUT2D eigenvalue weighted by Crippen LogP contribution is -3.28. The first kappa shape index (κ1) is 20.2. The van der Waals surface area contributed by atoms with Crippen molar-refractivity contribution in [3.8, 4) is 5.75 Å². The quantitative estimate of drug-likeness (QED) is 0.655. The number of nitrogens with one attached hydrogen (secondary N) is 3. The van der Waals surface area contributed by atoms with Gasteiger partial charge in [0, 0.05) is 11.6 Å². The summed E-state index contributed by atoms with van der Waals surface area (Å²) in [7, 11) is 1.75. The monoisotopic (exact) mass is 375 g/mol. The Kier molecular flexibility index (Phi) is 7.13. The molecule has 1 aliphatic heterocycles. The summed E-state index contributed by atoms with van der Waals surface area (Å²) < 4.78 is 5.52. The van der Waals surface area contributed by atoms with Crippen molar-refractivity contribution >= 4 is 5.91 Å². The number of quaternary nitrogens is 2. The summed E-state index contributed by atoms with van der Waals surface area (Å²) in [4.78, 5) is 15.5. The van der Waals surface area contributed by atoms with Gasteiger partial charge in [0.25, 0.3) is 5.91 Å². The normalized spacial score (nSPS) is 28.6. The third-order valence-electron chi connectivity index (χ3n) is 6.41. The van der Waals surface area contributed by atoms with Gasteiger partial charge < -0.3 is 19.9 Å². The number of hydrogen-bond donors (Lipinski definition) is 3. The van der Waals surface area contributed by atoms with Crippen LogP contribution in [0.1, 0.15) is 43.7 Å². The van der Waals surface area contributed by atoms with Crippen LogP contribution in [0.25, 0.3) is 0 Å². The SMILES string of the molecule is COc1ccc(C)cc1C[NH+]1CC[NH+](CC(=O)N[C@@H]2CCCC[C@H]2C)CC1. The van der Waals surface area contributed by atoms with E-state index in [0.29, 0.717) is 18.5 Å². The molecule has 1 saturated carbocycles. The molecule has 0 spiro atoms. The highest BCUT2D eigenvalue weighted by molar-refractivity contribution is 5.77. The van der Waals surface area contributed by atoms with Crippen LogP contribution in [-0.4, -0.2) is 51.8 Å². The fourth-order valence-electron chi connectivity index (χ4n) is 4.64. The van der Waals surface area contributed by atoms with E-state index in [9.17, 15) is 4.79 Å². The molecule has 1 aliphatic carbocycles. The van der Waals surface area contributed by atoms with Gasteiger partial charge >= 0.3 is 0 Å². The van der Waals surface area contributed by atoms with E-state index in [1.165, 1.54) is 35.3 Å². The van der Waals surface area contributed by atoms with Crippen molar-refractivity contribution in [1.29, 1.82) is 0 Å². The predicted octanol–water partition coefficient (Wildman–Crippen LogP) is -0.0181. The molecule has 2 atom stereocenters. The maximum atomic E-state index is 12.5. The van der Waals surface area contributed by atoms with Gasteiger partial charge in [0.05, 0.1) is 7.11 Å². The maximum absolute atomic E-state index is 12.5. The molecule has 150 valence electrons. The second-order valence-electron chi connectivity index (χ2n) is 8.60. The van der Waals surface area contributed by atoms with Crippen molar-refractivity contribution < 1.29 is 19.3 Å². The Balaban J connectivity index is 1.43. The van der Waals surface area contributed by atoms with Gasteiger partial charge in [-0.3, -0.25) is 4.79 Å². The zero-order valence-corrected chi connectivity index (χ0v) is 17.3. The molecular formula is C22H37N3O2+2. The van der Waals surface area contributed by atoms with Crippen molar-refractivity contribution in [1.82, 2.24) is 5.32 Å². The van der Waals surface area contributed by atoms with Gasteiger partial charge in [-0.25, -0.2) is 0 Å². The van der Waals surface area contributed by atoms with Gasteiger partial charge in [-0.2, -0.15) is 0 Å². The topological polar surface area (TPSA) is 47.2 Å². The zero-order valence-electron chi connectivity index (χ0n) is 17.3. The molecule has 27 heavy (non-hydrogen) atoms. The summed E-state index contributed by atoms with van der Waals surface area (Å²) in [6.07, 6.45) is 4.97. The van der Waals surface area contributed by atoms with Gasteiger partial charge in [-0.1, -0.05) is 31.4 Å². The van der Waals surface area contributed by atoms with E-state index in [1.54, 1.807) is 12.0 Å². The summed E-state index contributed by atoms with van der Waals surface area (Å²) in [5, 5.41) is 3.31. The van der Waals surface area contributed by atoms with Crippen LogP contribution in [0.15, 0.2) is 18.2 Å². The number of piperazine rings is 1. The van der Waals surface area contributed by atoms with Crippen LogP contribution in [0, 0.1) is 12.8 Å². The number of rotatable bonds is 6. The fourth-order valence-corrected chi connectivity index (χ4v) is 4.64. The Morgan fingerprint density at radius 1 is 1.15 bits per heavy atom. The second kappa shape index (κ2) is 9.56. The number of aryl methyl sites for hydroxylation is 1. The van der Waals surface area contributed by atoms with E-state index in [-0.39, 0.29) is 5.91 Å². The summed E-state index contributed by atoms with van der Waals surface area (Å²) in [6, 6.07) is 6.81. The first-order valence-electron chi connectivity index (χ1n) is 10.6. The molecule has 5 heteroatoms. The maximum Gasteiger partial charge on any atom is 0.275 e. The first-order chi connectivity index (χ1) is 13.0. The molecule has 0 radical (unpaired) electrons. The first-order valence-corrected chi connectivity index (χ1v) is 10.6. The molecule has 1 saturated heterocycles. The molecule has 1 aromatic rings. The van der Waals surface area contributed by atoms with Crippen LogP contribution in [0.5, 0.6) is 5.75 Å². The van der Waals surface area contributed by atoms with E-state index in [4.69, 9.17) is 4.74 Å². The molecule has 2 aliphatic rings. The van der Waals surface area contributed by atoms with Gasteiger partial charge in [-0.15, -0.1) is 0 Å². The third-order valence-corrected chi connectivity index (χ3v) is 6.41. The third kappa shape index (κ3) is 5.69. The van der Waals surface area contributed by atoms with Crippen LogP contribution in [-0.2, 0) is 11.3 Å². The van der Waals surface area contributed by atoms with Crippen molar-refractivity contribution in [2.45, 2.75) is 52.1 Å². The molecule has 5 nitrogen and oxygen atoms in total. The molecule has 1 amide bonds. The number of benzene rings is 1. The summed E-state index contributed by atoms with van der Waals surface area (Å²) >= 11 is 0. The molecule has 2 fully saturated rings. The smallest absolute Gasteiger partial charge is 0.275 e. The second-order valence-corrected chi connectivity index (χ2v) is 8.60. The number of methoxy groups -OCH3 is 1. The Labute approximate surface area is 164 Å². The molecule has 0 unspecified atom stereocenters. The lowest BCUT2D eigenvalue weighted by Gasteiger charge is -2.32. The van der Waals surface area contributed by atoms with E-state index in [1.807, 2.05) is 0 Å². The largest absolute Gasteiger partial charge is 0.496 e. The summed E-state index contributed by atoms with van der Waals surface area (Å²) in [6.45, 7) is 10.4. The number of amides is 1. The Bertz CT molecular complexity index is 626. The lowest BCUT2D eigenvalue weighted by molar-refractivity contribution is -1.02. The molecule has 3 N–H and O–H groups in total. The number of carbonyl (C=O) groups excluding carboxylic acids is 1. The molecule has 3 rings (SSSR count). The molecular weight excluding hydrogens is 338 g/mol. The number of ether oxygens (including phenoxy) is 1. The Morgan fingerprint density at radius 2 is 1.85 bits per heavy atom. The lowest BCUT2D eigenvalue weighted by atomic mass is 9.86. The van der Waals surface area contributed by atoms with Crippen LogP contribution < -0.4 is 19.9 Å². The summed E-state index contributed by atoms with van der Waals surface area (Å²) in [5.41, 5.74) is 2.57. The van der Waals surface area contributed by atoms with Crippen LogP contribution >= 0.6 is 0 Å². The molecule has 1 aromatic carbocycles. The minimum atomic E-state index is 0.243. The molecule has 0 bridgehead atoms. The van der Waals surface area contributed by atoms with Crippen molar-refractivity contribution in [3.05, 3.63) is 29.3 Å². The standard InChI is InChI=1S/C22H35N3O2/c1-17-8-9-21(27-3)19(14-17)15-24-10-12-25(13-11-24)16-22(26)23-20-7-5-4-6-18(20)2/h8-9,14,18,20H,4-7,10-13,15-16H2,1-3H3,(H,23,26)/p+2/t18-,20-/m1/s1. The predicted molar refractivity (Wildman–Crippen MR) is 107 cm³/mol. The van der Waals surface area contributed by atoms with Gasteiger partial charge in [-0.05, 0) is 37.8 Å².